The zero-order chi connectivity index (χ0) is 17.6. The zero-order valence-electron chi connectivity index (χ0n) is 14.6. The molecule has 1 aliphatic heterocycles. The van der Waals surface area contributed by atoms with Gasteiger partial charge < -0.3 is 10.2 Å². The first kappa shape index (κ1) is 17.2. The fraction of sp³-hybridized carbons (Fsp3) is 0.333. The molecule has 3 rings (SSSR count). The number of carbonyl (C=O) groups excluding carboxylic acids is 2. The molecule has 0 aliphatic carbocycles. The second kappa shape index (κ2) is 7.97. The highest BCUT2D eigenvalue weighted by Gasteiger charge is 2.23. The fourth-order valence-electron chi connectivity index (χ4n) is 3.20. The lowest BCUT2D eigenvalue weighted by Crippen LogP contribution is -2.48. The van der Waals surface area contributed by atoms with Crippen LogP contribution in [0.25, 0.3) is 11.1 Å². The number of hydrogen-bond acceptors (Lipinski definition) is 2. The van der Waals surface area contributed by atoms with Crippen molar-refractivity contribution >= 4 is 11.8 Å². The molecule has 1 N–H and O–H groups in total. The van der Waals surface area contributed by atoms with E-state index in [2.05, 4.69) is 5.32 Å². The number of nitrogens with one attached hydrogen (secondary N) is 1. The van der Waals surface area contributed by atoms with Gasteiger partial charge in [-0.05, 0) is 49.4 Å². The van der Waals surface area contributed by atoms with Gasteiger partial charge in [-0.15, -0.1) is 0 Å². The van der Waals surface area contributed by atoms with Crippen LogP contribution < -0.4 is 5.32 Å². The Balaban J connectivity index is 1.67. The molecule has 1 atom stereocenters. The number of hydrogen-bond donors (Lipinski definition) is 1. The van der Waals surface area contributed by atoms with E-state index in [-0.39, 0.29) is 11.8 Å². The van der Waals surface area contributed by atoms with Crippen molar-refractivity contribution in [1.82, 2.24) is 10.2 Å². The Morgan fingerprint density at radius 3 is 2.32 bits per heavy atom. The first-order valence-electron chi connectivity index (χ1n) is 8.90. The molecule has 0 bridgehead atoms. The monoisotopic (exact) mass is 336 g/mol. The molecule has 2 aromatic rings. The van der Waals surface area contributed by atoms with Crippen molar-refractivity contribution in [3.63, 3.8) is 0 Å². The normalized spacial score (nSPS) is 15.5. The Morgan fingerprint density at radius 2 is 1.60 bits per heavy atom. The van der Waals surface area contributed by atoms with Crippen molar-refractivity contribution in [1.29, 1.82) is 0 Å². The summed E-state index contributed by atoms with van der Waals surface area (Å²) in [4.78, 5) is 26.9. The number of piperidine rings is 1. The summed E-state index contributed by atoms with van der Waals surface area (Å²) >= 11 is 0. The minimum atomic E-state index is -0.508. The standard InChI is InChI=1S/C21H24N2O2/c1-16(21(25)23-13-6-3-7-14-23)22-20(24)19-12-8-11-18(15-19)17-9-4-2-5-10-17/h2,4-5,8-12,15-16H,3,6-7,13-14H2,1H3,(H,22,24)/t16-/m0/s1. The van der Waals surface area contributed by atoms with Crippen LogP contribution in [0.2, 0.25) is 0 Å². The van der Waals surface area contributed by atoms with Gasteiger partial charge in [0.2, 0.25) is 5.91 Å². The molecule has 2 aromatic carbocycles. The van der Waals surface area contributed by atoms with Gasteiger partial charge >= 0.3 is 0 Å². The molecule has 0 spiro atoms. The van der Waals surface area contributed by atoms with E-state index in [4.69, 9.17) is 0 Å². The molecule has 0 aromatic heterocycles. The van der Waals surface area contributed by atoms with Gasteiger partial charge in [-0.25, -0.2) is 0 Å². The van der Waals surface area contributed by atoms with Gasteiger partial charge in [-0.2, -0.15) is 0 Å². The maximum absolute atomic E-state index is 12.5. The van der Waals surface area contributed by atoms with E-state index in [1.54, 1.807) is 13.0 Å². The summed E-state index contributed by atoms with van der Waals surface area (Å²) in [7, 11) is 0. The van der Waals surface area contributed by atoms with E-state index in [0.29, 0.717) is 5.56 Å². The van der Waals surface area contributed by atoms with Crippen molar-refractivity contribution in [3.8, 4) is 11.1 Å². The fourth-order valence-corrected chi connectivity index (χ4v) is 3.20. The number of likely N-dealkylation sites (tertiary alicyclic amines) is 1. The molecular weight excluding hydrogens is 312 g/mol. The molecule has 2 amide bonds. The molecular formula is C21H24N2O2. The van der Waals surface area contributed by atoms with E-state index < -0.39 is 6.04 Å². The van der Waals surface area contributed by atoms with Crippen LogP contribution in [-0.4, -0.2) is 35.8 Å². The Bertz CT molecular complexity index is 737. The van der Waals surface area contributed by atoms with E-state index in [9.17, 15) is 9.59 Å². The first-order chi connectivity index (χ1) is 12.1. The Hall–Kier alpha value is -2.62. The van der Waals surface area contributed by atoms with Gasteiger partial charge in [-0.3, -0.25) is 9.59 Å². The molecule has 0 radical (unpaired) electrons. The van der Waals surface area contributed by atoms with Crippen molar-refractivity contribution in [2.24, 2.45) is 0 Å². The lowest BCUT2D eigenvalue weighted by molar-refractivity contribution is -0.133. The predicted molar refractivity (Wildman–Crippen MR) is 99.2 cm³/mol. The van der Waals surface area contributed by atoms with Crippen LogP contribution in [0.4, 0.5) is 0 Å². The molecule has 4 nitrogen and oxygen atoms in total. The predicted octanol–water partition coefficient (Wildman–Crippen LogP) is 3.48. The number of benzene rings is 2. The maximum Gasteiger partial charge on any atom is 0.251 e. The van der Waals surface area contributed by atoms with E-state index in [1.807, 2.05) is 53.4 Å². The number of nitrogens with zero attached hydrogens (tertiary/aromatic N) is 1. The van der Waals surface area contributed by atoms with Gasteiger partial charge in [0.25, 0.3) is 5.91 Å². The van der Waals surface area contributed by atoms with Gasteiger partial charge in [0.05, 0.1) is 0 Å². The summed E-state index contributed by atoms with van der Waals surface area (Å²) in [5.41, 5.74) is 2.62. The largest absolute Gasteiger partial charge is 0.341 e. The number of rotatable bonds is 4. The zero-order valence-corrected chi connectivity index (χ0v) is 14.6. The van der Waals surface area contributed by atoms with Gasteiger partial charge in [-0.1, -0.05) is 42.5 Å². The molecule has 1 fully saturated rings. The third-order valence-corrected chi connectivity index (χ3v) is 4.62. The third kappa shape index (κ3) is 4.27. The summed E-state index contributed by atoms with van der Waals surface area (Å²) in [6.07, 6.45) is 3.27. The second-order valence-electron chi connectivity index (χ2n) is 6.53. The molecule has 1 saturated heterocycles. The van der Waals surface area contributed by atoms with E-state index >= 15 is 0 Å². The Morgan fingerprint density at radius 1 is 0.920 bits per heavy atom. The van der Waals surface area contributed by atoms with Crippen molar-refractivity contribution in [3.05, 3.63) is 60.2 Å². The summed E-state index contributed by atoms with van der Waals surface area (Å²) < 4.78 is 0. The van der Waals surface area contributed by atoms with Crippen LogP contribution in [0.5, 0.6) is 0 Å². The van der Waals surface area contributed by atoms with Crippen molar-refractivity contribution in [2.45, 2.75) is 32.2 Å². The lowest BCUT2D eigenvalue weighted by atomic mass is 10.0. The summed E-state index contributed by atoms with van der Waals surface area (Å²) in [6.45, 7) is 3.35. The lowest BCUT2D eigenvalue weighted by Gasteiger charge is -2.29. The molecule has 1 heterocycles. The van der Waals surface area contributed by atoms with Crippen LogP contribution in [-0.2, 0) is 4.79 Å². The van der Waals surface area contributed by atoms with E-state index in [1.165, 1.54) is 6.42 Å². The minimum absolute atomic E-state index is 0.00673. The first-order valence-corrected chi connectivity index (χ1v) is 8.90. The van der Waals surface area contributed by atoms with E-state index in [0.717, 1.165) is 37.1 Å². The summed E-state index contributed by atoms with van der Waals surface area (Å²) in [5.74, 6) is -0.206. The molecule has 0 saturated carbocycles. The Labute approximate surface area is 148 Å². The molecule has 4 heteroatoms. The van der Waals surface area contributed by atoms with Crippen LogP contribution in [0.3, 0.4) is 0 Å². The SMILES string of the molecule is C[C@H](NC(=O)c1cccc(-c2ccccc2)c1)C(=O)N1CCCCC1. The highest BCUT2D eigenvalue weighted by molar-refractivity contribution is 5.98. The Kier molecular flexibility index (Phi) is 5.49. The molecule has 130 valence electrons. The van der Waals surface area contributed by atoms with Gasteiger partial charge in [0.1, 0.15) is 6.04 Å². The molecule has 1 aliphatic rings. The van der Waals surface area contributed by atoms with Crippen molar-refractivity contribution in [2.75, 3.05) is 13.1 Å². The third-order valence-electron chi connectivity index (χ3n) is 4.62. The highest BCUT2D eigenvalue weighted by Crippen LogP contribution is 2.20. The average Bonchev–Trinajstić information content (AvgIpc) is 2.68. The second-order valence-corrected chi connectivity index (χ2v) is 6.53. The average molecular weight is 336 g/mol. The molecule has 0 unspecified atom stereocenters. The summed E-state index contributed by atoms with van der Waals surface area (Å²) in [5, 5.41) is 2.84. The maximum atomic E-state index is 12.5. The smallest absolute Gasteiger partial charge is 0.251 e. The number of amides is 2. The quantitative estimate of drug-likeness (QED) is 0.929. The van der Waals surface area contributed by atoms with Gasteiger partial charge in [0, 0.05) is 18.7 Å². The minimum Gasteiger partial charge on any atom is -0.341 e. The van der Waals surface area contributed by atoms with Crippen LogP contribution >= 0.6 is 0 Å². The summed E-state index contributed by atoms with van der Waals surface area (Å²) in [6, 6.07) is 16.9. The van der Waals surface area contributed by atoms with Gasteiger partial charge in [0.15, 0.2) is 0 Å². The van der Waals surface area contributed by atoms with Crippen LogP contribution in [0, 0.1) is 0 Å². The topological polar surface area (TPSA) is 49.4 Å². The van der Waals surface area contributed by atoms with Crippen molar-refractivity contribution < 1.29 is 9.59 Å². The van der Waals surface area contributed by atoms with Crippen LogP contribution in [0.1, 0.15) is 36.5 Å². The molecule has 25 heavy (non-hydrogen) atoms. The van der Waals surface area contributed by atoms with Crippen LogP contribution in [0.15, 0.2) is 54.6 Å². The number of carbonyl (C=O) groups is 2. The highest BCUT2D eigenvalue weighted by atomic mass is 16.2.